The Hall–Kier alpha value is -4.02. The Kier molecular flexibility index (Phi) is 8.86. The van der Waals surface area contributed by atoms with Gasteiger partial charge in [0.05, 0.1) is 10.2 Å². The van der Waals surface area contributed by atoms with Gasteiger partial charge in [-0.05, 0) is 120 Å². The van der Waals surface area contributed by atoms with Crippen LogP contribution in [0.15, 0.2) is 91.0 Å². The maximum atomic E-state index is 4.00. The van der Waals surface area contributed by atoms with E-state index < -0.39 is 0 Å². The number of benzene rings is 5. The van der Waals surface area contributed by atoms with E-state index in [-0.39, 0.29) is 33.8 Å². The van der Waals surface area contributed by atoms with Gasteiger partial charge in [0, 0.05) is 34.1 Å². The minimum atomic E-state index is -0.0750. The van der Waals surface area contributed by atoms with Crippen molar-refractivity contribution >= 4 is 72.7 Å². The van der Waals surface area contributed by atoms with Crippen LogP contribution in [-0.2, 0) is 27.1 Å². The zero-order chi connectivity index (χ0) is 39.5. The zero-order valence-electron chi connectivity index (χ0n) is 35.6. The van der Waals surface area contributed by atoms with Crippen molar-refractivity contribution in [1.29, 1.82) is 0 Å². The fourth-order valence-corrected chi connectivity index (χ4v) is 8.42. The quantitative estimate of drug-likeness (QED) is 0.164. The molecule has 54 heavy (non-hydrogen) atoms. The minimum Gasteiger partial charge on any atom is -0.311 e. The summed E-state index contributed by atoms with van der Waals surface area (Å²) in [6.45, 7) is 35.0. The molecule has 0 unspecified atom stereocenters. The molecule has 2 aliphatic rings. The Morgan fingerprint density at radius 2 is 0.778 bits per heavy atom. The minimum absolute atomic E-state index is 0.00459. The van der Waals surface area contributed by atoms with Crippen LogP contribution < -0.4 is 31.4 Å². The molecule has 2 aliphatic heterocycles. The SMILES string of the molecule is CC(C)(C)c1ccc(N2c3ccc(C(C)(C)C)cc3B3c4cc([Si])ccc4N(c4cc(C(C)(C)C)cc(C(C)(C)C)c4)c4cc(C(C)(C)C)cc2c43)cc1. The summed E-state index contributed by atoms with van der Waals surface area (Å²) in [5.74, 6) is 0. The van der Waals surface area contributed by atoms with Crippen LogP contribution in [0.2, 0.25) is 0 Å². The maximum absolute atomic E-state index is 4.00. The number of fused-ring (bicyclic) bond motifs is 4. The summed E-state index contributed by atoms with van der Waals surface area (Å²) in [5.41, 5.74) is 18.2. The predicted octanol–water partition coefficient (Wildman–Crippen LogP) is 11.1. The summed E-state index contributed by atoms with van der Waals surface area (Å²) < 4.78 is 0. The highest BCUT2D eigenvalue weighted by atomic mass is 28.1. The van der Waals surface area contributed by atoms with Gasteiger partial charge in [-0.2, -0.15) is 0 Å². The third-order valence-electron chi connectivity index (χ3n) is 11.7. The van der Waals surface area contributed by atoms with Crippen molar-refractivity contribution in [2.45, 2.75) is 131 Å². The van der Waals surface area contributed by atoms with Crippen LogP contribution in [0.1, 0.15) is 132 Å². The van der Waals surface area contributed by atoms with Crippen molar-refractivity contribution in [3.63, 3.8) is 0 Å². The molecule has 0 atom stereocenters. The van der Waals surface area contributed by atoms with E-state index in [9.17, 15) is 0 Å². The molecule has 2 heterocycles. The van der Waals surface area contributed by atoms with Gasteiger partial charge in [-0.3, -0.25) is 0 Å². The van der Waals surface area contributed by atoms with Crippen LogP contribution in [0.4, 0.5) is 34.1 Å². The van der Waals surface area contributed by atoms with Crippen molar-refractivity contribution in [3.05, 3.63) is 119 Å². The van der Waals surface area contributed by atoms with E-state index in [0.29, 0.717) is 0 Å². The first kappa shape index (κ1) is 38.3. The first-order chi connectivity index (χ1) is 24.8. The lowest BCUT2D eigenvalue weighted by molar-refractivity contribution is 0.568. The summed E-state index contributed by atoms with van der Waals surface area (Å²) >= 11 is 0. The van der Waals surface area contributed by atoms with Crippen LogP contribution in [-0.4, -0.2) is 17.0 Å². The molecule has 0 aliphatic carbocycles. The van der Waals surface area contributed by atoms with Crippen molar-refractivity contribution in [1.82, 2.24) is 0 Å². The monoisotopic (exact) mass is 727 g/mol. The Labute approximate surface area is 330 Å². The van der Waals surface area contributed by atoms with E-state index in [1.807, 2.05) is 0 Å². The normalized spacial score (nSPS) is 14.6. The second-order valence-electron chi connectivity index (χ2n) is 21.1. The van der Waals surface area contributed by atoms with Crippen LogP contribution >= 0.6 is 0 Å². The molecule has 277 valence electrons. The summed E-state index contributed by atoms with van der Waals surface area (Å²) in [4.78, 5) is 5.15. The molecule has 0 N–H and O–H groups in total. The Morgan fingerprint density at radius 1 is 0.370 bits per heavy atom. The second kappa shape index (κ2) is 12.5. The molecule has 5 aromatic carbocycles. The molecule has 0 bridgehead atoms. The smallest absolute Gasteiger partial charge is 0.252 e. The Balaban J connectivity index is 1.63. The second-order valence-corrected chi connectivity index (χ2v) is 21.7. The van der Waals surface area contributed by atoms with Crippen LogP contribution in [0.5, 0.6) is 0 Å². The van der Waals surface area contributed by atoms with E-state index >= 15 is 0 Å². The van der Waals surface area contributed by atoms with Gasteiger partial charge in [-0.25, -0.2) is 0 Å². The largest absolute Gasteiger partial charge is 0.311 e. The third-order valence-corrected chi connectivity index (χ3v) is 12.0. The molecule has 7 rings (SSSR count). The van der Waals surface area contributed by atoms with Crippen molar-refractivity contribution in [3.8, 4) is 0 Å². The van der Waals surface area contributed by atoms with E-state index in [1.165, 1.54) is 78.3 Å². The molecule has 4 heteroatoms. The van der Waals surface area contributed by atoms with E-state index in [4.69, 9.17) is 0 Å². The van der Waals surface area contributed by atoms with Gasteiger partial charge in [0.1, 0.15) is 0 Å². The van der Waals surface area contributed by atoms with Crippen LogP contribution in [0, 0.1) is 0 Å². The molecule has 0 saturated heterocycles. The van der Waals surface area contributed by atoms with Gasteiger partial charge in [0.2, 0.25) is 0 Å². The average molecular weight is 728 g/mol. The molecule has 0 spiro atoms. The number of hydrogen-bond acceptors (Lipinski definition) is 2. The van der Waals surface area contributed by atoms with E-state index in [1.54, 1.807) is 0 Å². The molecule has 0 fully saturated rings. The topological polar surface area (TPSA) is 6.48 Å². The summed E-state index contributed by atoms with van der Waals surface area (Å²) in [6.07, 6.45) is 0. The fraction of sp³-hybridized carbons (Fsp3) is 0.400. The first-order valence-corrected chi connectivity index (χ1v) is 20.4. The van der Waals surface area contributed by atoms with Gasteiger partial charge in [-0.15, -0.1) is 0 Å². The summed E-state index contributed by atoms with van der Waals surface area (Å²) in [7, 11) is 4.00. The molecule has 0 saturated carbocycles. The number of anilines is 6. The lowest BCUT2D eigenvalue weighted by Crippen LogP contribution is -2.62. The molecule has 5 aromatic rings. The molecular formula is C50H60BN2Si. The van der Waals surface area contributed by atoms with Crippen molar-refractivity contribution < 1.29 is 0 Å². The predicted molar refractivity (Wildman–Crippen MR) is 239 cm³/mol. The molecule has 0 amide bonds. The molecular weight excluding hydrogens is 667 g/mol. The van der Waals surface area contributed by atoms with Gasteiger partial charge in [-0.1, -0.05) is 152 Å². The zero-order valence-corrected chi connectivity index (χ0v) is 36.6. The average Bonchev–Trinajstić information content (AvgIpc) is 3.05. The fourth-order valence-electron chi connectivity index (χ4n) is 8.18. The van der Waals surface area contributed by atoms with Crippen molar-refractivity contribution in [2.24, 2.45) is 0 Å². The number of nitrogens with zero attached hydrogens (tertiary/aromatic N) is 2. The lowest BCUT2D eigenvalue weighted by Gasteiger charge is -2.46. The number of hydrogen-bond donors (Lipinski definition) is 0. The van der Waals surface area contributed by atoms with Crippen LogP contribution in [0.3, 0.4) is 0 Å². The van der Waals surface area contributed by atoms with Gasteiger partial charge >= 0.3 is 0 Å². The highest BCUT2D eigenvalue weighted by Gasteiger charge is 2.45. The lowest BCUT2D eigenvalue weighted by atomic mass is 9.33. The summed E-state index contributed by atoms with van der Waals surface area (Å²) in [5, 5.41) is 1.09. The highest BCUT2D eigenvalue weighted by molar-refractivity contribution is 7.00. The van der Waals surface area contributed by atoms with E-state index in [0.717, 1.165) is 5.19 Å². The summed E-state index contributed by atoms with van der Waals surface area (Å²) in [6, 6.07) is 35.9. The number of rotatable bonds is 2. The van der Waals surface area contributed by atoms with Gasteiger partial charge < -0.3 is 9.80 Å². The van der Waals surface area contributed by atoms with Crippen molar-refractivity contribution in [2.75, 3.05) is 9.80 Å². The van der Waals surface area contributed by atoms with E-state index in [2.05, 4.69) is 215 Å². The van der Waals surface area contributed by atoms with Gasteiger partial charge in [0.15, 0.2) is 0 Å². The molecule has 2 nitrogen and oxygen atoms in total. The Bertz CT molecular complexity index is 2230. The molecule has 3 radical (unpaired) electrons. The highest BCUT2D eigenvalue weighted by Crippen LogP contribution is 2.47. The maximum Gasteiger partial charge on any atom is 0.252 e. The van der Waals surface area contributed by atoms with Crippen LogP contribution in [0.25, 0.3) is 0 Å². The first-order valence-electron chi connectivity index (χ1n) is 19.9. The molecule has 0 aromatic heterocycles. The standard InChI is InChI=1S/C50H60BN2Si/c1-46(2,3)31-16-19-36(20-17-31)52-41-22-18-32(47(4,5)6)27-39(41)51-40-30-38(54)21-23-42(40)53(44-29-35(50(13,14)15)28-43(52)45(44)51)37-25-33(48(7,8)9)24-34(26-37)49(10,11)12/h16-30H,1-15H3. The Morgan fingerprint density at radius 3 is 1.26 bits per heavy atom. The van der Waals surface area contributed by atoms with Gasteiger partial charge in [0.25, 0.3) is 6.71 Å². The third kappa shape index (κ3) is 6.67.